The summed E-state index contributed by atoms with van der Waals surface area (Å²) in [5.41, 5.74) is 1.15. The van der Waals surface area contributed by atoms with E-state index in [1.807, 2.05) is 12.1 Å². The van der Waals surface area contributed by atoms with Gasteiger partial charge >= 0.3 is 0 Å². The lowest BCUT2D eigenvalue weighted by Crippen LogP contribution is -2.31. The van der Waals surface area contributed by atoms with Crippen LogP contribution in [0.4, 0.5) is 0 Å². The smallest absolute Gasteiger partial charge is 0.175 e. The molecule has 1 N–H and O–H groups in total. The van der Waals surface area contributed by atoms with Gasteiger partial charge in [-0.15, -0.1) is 0 Å². The Morgan fingerprint density at radius 3 is 2.10 bits per heavy atom. The van der Waals surface area contributed by atoms with E-state index in [0.29, 0.717) is 10.9 Å². The molecule has 0 heterocycles. The molecule has 20 heavy (non-hydrogen) atoms. The van der Waals surface area contributed by atoms with E-state index < -0.39 is 9.84 Å². The summed E-state index contributed by atoms with van der Waals surface area (Å²) in [6.07, 6.45) is 9.10. The number of hydrogen-bond donors (Lipinski definition) is 1. The molecule has 0 saturated heterocycles. The first-order valence-electron chi connectivity index (χ1n) is 7.53. The molecule has 0 bridgehead atoms. The third-order valence-electron chi connectivity index (χ3n) is 4.15. The molecule has 1 atom stereocenters. The van der Waals surface area contributed by atoms with Crippen molar-refractivity contribution in [2.24, 2.45) is 0 Å². The molecule has 0 aliphatic heterocycles. The van der Waals surface area contributed by atoms with E-state index in [1.54, 1.807) is 12.1 Å². The Balaban J connectivity index is 1.99. The van der Waals surface area contributed by atoms with E-state index >= 15 is 0 Å². The van der Waals surface area contributed by atoms with E-state index in [-0.39, 0.29) is 6.04 Å². The van der Waals surface area contributed by atoms with Gasteiger partial charge in [0, 0.05) is 18.3 Å². The highest BCUT2D eigenvalue weighted by Gasteiger charge is 2.16. The lowest BCUT2D eigenvalue weighted by Gasteiger charge is -2.22. The van der Waals surface area contributed by atoms with Crippen LogP contribution in [0.1, 0.15) is 57.1 Å². The second kappa shape index (κ2) is 6.72. The summed E-state index contributed by atoms with van der Waals surface area (Å²) in [7, 11) is -3.10. The molecule has 2 rings (SSSR count). The predicted octanol–water partition coefficient (Wildman–Crippen LogP) is 3.46. The zero-order valence-corrected chi connectivity index (χ0v) is 13.2. The molecule has 4 heteroatoms. The van der Waals surface area contributed by atoms with Crippen LogP contribution in [0, 0.1) is 0 Å². The highest BCUT2D eigenvalue weighted by Crippen LogP contribution is 2.22. The molecular weight excluding hydrogens is 270 g/mol. The van der Waals surface area contributed by atoms with Crippen molar-refractivity contribution in [2.75, 3.05) is 6.26 Å². The minimum Gasteiger partial charge on any atom is -0.307 e. The van der Waals surface area contributed by atoms with Crippen LogP contribution in [0.15, 0.2) is 29.2 Å². The van der Waals surface area contributed by atoms with Gasteiger partial charge in [0.2, 0.25) is 0 Å². The summed E-state index contributed by atoms with van der Waals surface area (Å²) in [6, 6.07) is 8.12. The van der Waals surface area contributed by atoms with E-state index in [2.05, 4.69) is 12.2 Å². The molecule has 0 aromatic heterocycles. The largest absolute Gasteiger partial charge is 0.307 e. The average molecular weight is 295 g/mol. The molecule has 0 spiro atoms. The molecule has 1 aliphatic carbocycles. The van der Waals surface area contributed by atoms with Gasteiger partial charge in [-0.05, 0) is 37.5 Å². The van der Waals surface area contributed by atoms with Crippen molar-refractivity contribution < 1.29 is 8.42 Å². The summed E-state index contributed by atoms with van der Waals surface area (Å²) in [4.78, 5) is 0.392. The maximum absolute atomic E-state index is 11.5. The summed E-state index contributed by atoms with van der Waals surface area (Å²) < 4.78 is 22.9. The molecule has 1 unspecified atom stereocenters. The summed E-state index contributed by atoms with van der Waals surface area (Å²) in [5, 5.41) is 3.68. The third kappa shape index (κ3) is 4.32. The standard InChI is InChI=1S/C16H25NO2S/c1-13(17-15-7-5-3-4-6-8-15)14-9-11-16(12-10-14)20(2,18)19/h9-13,15,17H,3-8H2,1-2H3. The maximum atomic E-state index is 11.5. The van der Waals surface area contributed by atoms with Crippen LogP contribution in [0.3, 0.4) is 0 Å². The number of rotatable bonds is 4. The minimum absolute atomic E-state index is 0.270. The fourth-order valence-corrected chi connectivity index (χ4v) is 3.53. The van der Waals surface area contributed by atoms with Gasteiger partial charge in [-0.3, -0.25) is 0 Å². The average Bonchev–Trinajstić information content (AvgIpc) is 2.66. The molecule has 0 radical (unpaired) electrons. The van der Waals surface area contributed by atoms with Crippen LogP contribution >= 0.6 is 0 Å². The Morgan fingerprint density at radius 1 is 1.05 bits per heavy atom. The quantitative estimate of drug-likeness (QED) is 0.865. The van der Waals surface area contributed by atoms with Crippen LogP contribution in [0.2, 0.25) is 0 Å². The van der Waals surface area contributed by atoms with Gasteiger partial charge in [-0.1, -0.05) is 37.8 Å². The van der Waals surface area contributed by atoms with Crippen molar-refractivity contribution in [1.29, 1.82) is 0 Å². The van der Waals surface area contributed by atoms with Crippen molar-refractivity contribution in [1.82, 2.24) is 5.32 Å². The zero-order valence-electron chi connectivity index (χ0n) is 12.4. The van der Waals surface area contributed by atoms with Crippen molar-refractivity contribution >= 4 is 9.84 Å². The van der Waals surface area contributed by atoms with Crippen molar-refractivity contribution in [2.45, 2.75) is 62.4 Å². The normalized spacial score (nSPS) is 19.5. The Labute approximate surface area is 122 Å². The van der Waals surface area contributed by atoms with Crippen LogP contribution < -0.4 is 5.32 Å². The minimum atomic E-state index is -3.10. The molecule has 3 nitrogen and oxygen atoms in total. The van der Waals surface area contributed by atoms with Crippen molar-refractivity contribution in [3.8, 4) is 0 Å². The Kier molecular flexibility index (Phi) is 5.22. The third-order valence-corrected chi connectivity index (χ3v) is 5.28. The molecule has 0 amide bonds. The number of benzene rings is 1. The first kappa shape index (κ1) is 15.5. The monoisotopic (exact) mass is 295 g/mol. The zero-order chi connectivity index (χ0) is 14.6. The fraction of sp³-hybridized carbons (Fsp3) is 0.625. The lowest BCUT2D eigenvalue weighted by atomic mass is 10.0. The van der Waals surface area contributed by atoms with Gasteiger partial charge in [0.15, 0.2) is 9.84 Å². The van der Waals surface area contributed by atoms with E-state index in [0.717, 1.165) is 5.56 Å². The van der Waals surface area contributed by atoms with Crippen molar-refractivity contribution in [3.05, 3.63) is 29.8 Å². The second-order valence-electron chi connectivity index (χ2n) is 5.92. The van der Waals surface area contributed by atoms with E-state index in [4.69, 9.17) is 0 Å². The van der Waals surface area contributed by atoms with Crippen LogP contribution in [0.5, 0.6) is 0 Å². The van der Waals surface area contributed by atoms with Crippen LogP contribution in [-0.4, -0.2) is 20.7 Å². The summed E-state index contributed by atoms with van der Waals surface area (Å²) in [5.74, 6) is 0. The highest BCUT2D eigenvalue weighted by molar-refractivity contribution is 7.90. The second-order valence-corrected chi connectivity index (χ2v) is 7.93. The highest BCUT2D eigenvalue weighted by atomic mass is 32.2. The molecule has 1 aliphatic rings. The lowest BCUT2D eigenvalue weighted by molar-refractivity contribution is 0.414. The van der Waals surface area contributed by atoms with Gasteiger partial charge < -0.3 is 5.32 Å². The van der Waals surface area contributed by atoms with Crippen LogP contribution in [0.25, 0.3) is 0 Å². The molecule has 1 aromatic rings. The predicted molar refractivity (Wildman–Crippen MR) is 82.6 cm³/mol. The fourth-order valence-electron chi connectivity index (χ4n) is 2.90. The SMILES string of the molecule is CC(NC1CCCCCC1)c1ccc(S(C)(=O)=O)cc1. The Bertz CT molecular complexity index is 514. The molecular formula is C16H25NO2S. The maximum Gasteiger partial charge on any atom is 0.175 e. The summed E-state index contributed by atoms with van der Waals surface area (Å²) >= 11 is 0. The van der Waals surface area contributed by atoms with Crippen LogP contribution in [-0.2, 0) is 9.84 Å². The van der Waals surface area contributed by atoms with Gasteiger partial charge in [-0.2, -0.15) is 0 Å². The van der Waals surface area contributed by atoms with Crippen molar-refractivity contribution in [3.63, 3.8) is 0 Å². The number of nitrogens with one attached hydrogen (secondary N) is 1. The van der Waals surface area contributed by atoms with Gasteiger partial charge in [0.05, 0.1) is 4.90 Å². The van der Waals surface area contributed by atoms with E-state index in [1.165, 1.54) is 44.8 Å². The Hall–Kier alpha value is -0.870. The van der Waals surface area contributed by atoms with Gasteiger partial charge in [0.25, 0.3) is 0 Å². The van der Waals surface area contributed by atoms with Gasteiger partial charge in [0.1, 0.15) is 0 Å². The topological polar surface area (TPSA) is 46.2 Å². The van der Waals surface area contributed by atoms with Gasteiger partial charge in [-0.25, -0.2) is 8.42 Å². The molecule has 112 valence electrons. The molecule has 1 aromatic carbocycles. The first-order valence-corrected chi connectivity index (χ1v) is 9.42. The van der Waals surface area contributed by atoms with E-state index in [9.17, 15) is 8.42 Å². The number of hydrogen-bond acceptors (Lipinski definition) is 3. The first-order chi connectivity index (χ1) is 9.47. The number of sulfone groups is 1. The summed E-state index contributed by atoms with van der Waals surface area (Å²) in [6.45, 7) is 2.15. The molecule has 1 fully saturated rings. The molecule has 1 saturated carbocycles. The Morgan fingerprint density at radius 2 is 1.60 bits per heavy atom.